The van der Waals surface area contributed by atoms with Crippen LogP contribution in [0, 0.1) is 11.3 Å². The lowest BCUT2D eigenvalue weighted by Gasteiger charge is -2.38. The minimum absolute atomic E-state index is 0.0799. The Bertz CT molecular complexity index is 193. The molecule has 0 aromatic heterocycles. The molecule has 1 fully saturated rings. The summed E-state index contributed by atoms with van der Waals surface area (Å²) in [6.45, 7) is 6.78. The molecule has 76 valence electrons. The summed E-state index contributed by atoms with van der Waals surface area (Å²) in [6.07, 6.45) is 1.47. The molecule has 0 aliphatic carbocycles. The number of carboxylic acids is 1. The van der Waals surface area contributed by atoms with Crippen molar-refractivity contribution >= 4 is 5.97 Å². The van der Waals surface area contributed by atoms with Crippen LogP contribution in [0.2, 0.25) is 0 Å². The van der Waals surface area contributed by atoms with E-state index in [0.717, 1.165) is 12.8 Å². The molecule has 0 aromatic carbocycles. The predicted octanol–water partition coefficient (Wildman–Crippen LogP) is 1.91. The van der Waals surface area contributed by atoms with Gasteiger partial charge >= 0.3 is 5.97 Å². The summed E-state index contributed by atoms with van der Waals surface area (Å²) in [6, 6.07) is 0. The highest BCUT2D eigenvalue weighted by Crippen LogP contribution is 2.33. The molecule has 1 N–H and O–H groups in total. The minimum atomic E-state index is -0.723. The Kier molecular flexibility index (Phi) is 2.96. The summed E-state index contributed by atoms with van der Waals surface area (Å²) in [5, 5.41) is 8.99. The van der Waals surface area contributed by atoms with E-state index in [2.05, 4.69) is 0 Å². The van der Waals surface area contributed by atoms with Crippen molar-refractivity contribution in [1.29, 1.82) is 0 Å². The lowest BCUT2D eigenvalue weighted by atomic mass is 9.78. The van der Waals surface area contributed by atoms with Crippen molar-refractivity contribution in [1.82, 2.24) is 0 Å². The molecule has 0 aromatic rings. The van der Waals surface area contributed by atoms with Crippen LogP contribution in [0.4, 0.5) is 0 Å². The maximum absolute atomic E-state index is 10.9. The number of carbonyl (C=O) groups is 1. The van der Waals surface area contributed by atoms with Gasteiger partial charge in [-0.2, -0.15) is 0 Å². The molecule has 0 bridgehead atoms. The van der Waals surface area contributed by atoms with Crippen molar-refractivity contribution in [3.63, 3.8) is 0 Å². The van der Waals surface area contributed by atoms with Gasteiger partial charge in [0.25, 0.3) is 0 Å². The molecule has 13 heavy (non-hydrogen) atoms. The van der Waals surface area contributed by atoms with E-state index in [9.17, 15) is 4.79 Å². The van der Waals surface area contributed by atoms with Gasteiger partial charge in [0.2, 0.25) is 0 Å². The van der Waals surface area contributed by atoms with Gasteiger partial charge in [0.15, 0.2) is 0 Å². The van der Waals surface area contributed by atoms with Crippen LogP contribution in [-0.2, 0) is 9.53 Å². The Balaban J connectivity index is 2.73. The molecule has 0 amide bonds. The monoisotopic (exact) mass is 186 g/mol. The Morgan fingerprint density at radius 2 is 2.08 bits per heavy atom. The van der Waals surface area contributed by atoms with Gasteiger partial charge in [0.1, 0.15) is 0 Å². The van der Waals surface area contributed by atoms with E-state index in [4.69, 9.17) is 9.84 Å². The zero-order valence-corrected chi connectivity index (χ0v) is 8.54. The molecule has 1 aliphatic rings. The van der Waals surface area contributed by atoms with Crippen molar-refractivity contribution < 1.29 is 14.6 Å². The summed E-state index contributed by atoms with van der Waals surface area (Å²) in [5.41, 5.74) is -0.0799. The third kappa shape index (κ3) is 2.44. The highest BCUT2D eigenvalue weighted by molar-refractivity contribution is 5.71. The molecule has 0 saturated carbocycles. The molecule has 0 spiro atoms. The highest BCUT2D eigenvalue weighted by atomic mass is 16.5. The van der Waals surface area contributed by atoms with Crippen molar-refractivity contribution in [2.75, 3.05) is 6.61 Å². The van der Waals surface area contributed by atoms with E-state index in [1.165, 1.54) is 0 Å². The second kappa shape index (κ2) is 3.66. The second-order valence-corrected chi connectivity index (χ2v) is 4.74. The average Bonchev–Trinajstić information content (AvgIpc) is 2.03. The summed E-state index contributed by atoms with van der Waals surface area (Å²) < 4.78 is 5.54. The van der Waals surface area contributed by atoms with E-state index in [1.54, 1.807) is 0 Å². The maximum Gasteiger partial charge on any atom is 0.309 e. The standard InChI is InChI=1S/C10H18O3/c1-10(2,3)8-7(9(11)12)5-4-6-13-8/h7-8H,4-6H2,1-3H3,(H,11,12)/t7-,8-/m1/s1. The fourth-order valence-corrected chi connectivity index (χ4v) is 1.89. The van der Waals surface area contributed by atoms with Crippen molar-refractivity contribution in [3.8, 4) is 0 Å². The lowest BCUT2D eigenvalue weighted by Crippen LogP contribution is -2.43. The summed E-state index contributed by atoms with van der Waals surface area (Å²) in [5.74, 6) is -1.05. The number of rotatable bonds is 1. The van der Waals surface area contributed by atoms with Gasteiger partial charge in [-0.05, 0) is 18.3 Å². The topological polar surface area (TPSA) is 46.5 Å². The summed E-state index contributed by atoms with van der Waals surface area (Å²) in [4.78, 5) is 10.9. The number of aliphatic carboxylic acids is 1. The Morgan fingerprint density at radius 3 is 2.46 bits per heavy atom. The van der Waals surface area contributed by atoms with E-state index >= 15 is 0 Å². The van der Waals surface area contributed by atoms with E-state index in [0.29, 0.717) is 6.61 Å². The van der Waals surface area contributed by atoms with Crippen LogP contribution in [0.1, 0.15) is 33.6 Å². The molecular formula is C10H18O3. The minimum Gasteiger partial charge on any atom is -0.481 e. The lowest BCUT2D eigenvalue weighted by molar-refractivity contribution is -0.158. The summed E-state index contributed by atoms with van der Waals surface area (Å²) >= 11 is 0. The van der Waals surface area contributed by atoms with Gasteiger partial charge in [-0.1, -0.05) is 20.8 Å². The molecule has 1 aliphatic heterocycles. The zero-order chi connectivity index (χ0) is 10.1. The van der Waals surface area contributed by atoms with Crippen LogP contribution in [0.3, 0.4) is 0 Å². The van der Waals surface area contributed by atoms with E-state index in [1.807, 2.05) is 20.8 Å². The van der Waals surface area contributed by atoms with Gasteiger partial charge < -0.3 is 9.84 Å². The highest BCUT2D eigenvalue weighted by Gasteiger charge is 2.39. The molecule has 1 rings (SSSR count). The fraction of sp³-hybridized carbons (Fsp3) is 0.900. The van der Waals surface area contributed by atoms with Crippen LogP contribution in [-0.4, -0.2) is 23.8 Å². The predicted molar refractivity (Wildman–Crippen MR) is 49.6 cm³/mol. The van der Waals surface area contributed by atoms with E-state index < -0.39 is 5.97 Å². The third-order valence-electron chi connectivity index (χ3n) is 2.49. The number of hydrogen-bond donors (Lipinski definition) is 1. The molecule has 1 saturated heterocycles. The quantitative estimate of drug-likeness (QED) is 0.680. The largest absolute Gasteiger partial charge is 0.481 e. The van der Waals surface area contributed by atoms with Crippen LogP contribution in [0.15, 0.2) is 0 Å². The fourth-order valence-electron chi connectivity index (χ4n) is 1.89. The SMILES string of the molecule is CC(C)(C)[C@@H]1OCCC[C@H]1C(=O)O. The zero-order valence-electron chi connectivity index (χ0n) is 8.54. The van der Waals surface area contributed by atoms with Gasteiger partial charge in [-0.3, -0.25) is 4.79 Å². The third-order valence-corrected chi connectivity index (χ3v) is 2.49. The van der Waals surface area contributed by atoms with Crippen LogP contribution < -0.4 is 0 Å². The molecule has 0 unspecified atom stereocenters. The van der Waals surface area contributed by atoms with Crippen LogP contribution >= 0.6 is 0 Å². The van der Waals surface area contributed by atoms with Crippen molar-refractivity contribution in [3.05, 3.63) is 0 Å². The van der Waals surface area contributed by atoms with E-state index in [-0.39, 0.29) is 17.4 Å². The molecule has 3 nitrogen and oxygen atoms in total. The van der Waals surface area contributed by atoms with Gasteiger partial charge in [-0.25, -0.2) is 0 Å². The molecular weight excluding hydrogens is 168 g/mol. The maximum atomic E-state index is 10.9. The Morgan fingerprint density at radius 1 is 1.46 bits per heavy atom. The first kappa shape index (κ1) is 10.5. The molecule has 0 radical (unpaired) electrons. The second-order valence-electron chi connectivity index (χ2n) is 4.74. The number of ether oxygens (including phenoxy) is 1. The summed E-state index contributed by atoms with van der Waals surface area (Å²) in [7, 11) is 0. The first-order valence-electron chi connectivity index (χ1n) is 4.77. The smallest absolute Gasteiger partial charge is 0.309 e. The van der Waals surface area contributed by atoms with Crippen LogP contribution in [0.5, 0.6) is 0 Å². The van der Waals surface area contributed by atoms with Gasteiger partial charge in [0, 0.05) is 6.61 Å². The Labute approximate surface area is 79.1 Å². The average molecular weight is 186 g/mol. The molecule has 3 heteroatoms. The first-order chi connectivity index (χ1) is 5.93. The normalized spacial score (nSPS) is 30.1. The van der Waals surface area contributed by atoms with Gasteiger partial charge in [-0.15, -0.1) is 0 Å². The first-order valence-corrected chi connectivity index (χ1v) is 4.77. The number of hydrogen-bond acceptors (Lipinski definition) is 2. The van der Waals surface area contributed by atoms with Gasteiger partial charge in [0.05, 0.1) is 12.0 Å². The van der Waals surface area contributed by atoms with Crippen molar-refractivity contribution in [2.45, 2.75) is 39.7 Å². The molecule has 2 atom stereocenters. The van der Waals surface area contributed by atoms with Crippen molar-refractivity contribution in [2.24, 2.45) is 11.3 Å². The Hall–Kier alpha value is -0.570. The number of carboxylic acid groups (broad SMARTS) is 1. The van der Waals surface area contributed by atoms with Crippen LogP contribution in [0.25, 0.3) is 0 Å². The molecule has 1 heterocycles.